The molecule has 1 aromatic heterocycles. The van der Waals surface area contributed by atoms with Crippen molar-refractivity contribution in [3.05, 3.63) is 64.5 Å². The molecule has 5 rings (SSSR count). The van der Waals surface area contributed by atoms with Gasteiger partial charge in [0.1, 0.15) is 11.6 Å². The number of aryl methyl sites for hydroxylation is 1. The molecule has 4 heterocycles. The SMILES string of the molecule is Cc1ccc(CN2CCC(O)(c3ccc4c(n3)CN(C3CCC(=O)NC3=O)C4=O)C(C)(C)C2)cc1. The summed E-state index contributed by atoms with van der Waals surface area (Å²) in [5.41, 5.74) is 2.47. The van der Waals surface area contributed by atoms with Crippen LogP contribution in [-0.2, 0) is 28.3 Å². The highest BCUT2D eigenvalue weighted by Gasteiger charge is 2.50. The molecule has 2 N–H and O–H groups in total. The largest absolute Gasteiger partial charge is 0.383 e. The van der Waals surface area contributed by atoms with E-state index in [1.807, 2.05) is 0 Å². The summed E-state index contributed by atoms with van der Waals surface area (Å²) in [6, 6.07) is 11.3. The van der Waals surface area contributed by atoms with Crippen molar-refractivity contribution in [2.24, 2.45) is 5.41 Å². The summed E-state index contributed by atoms with van der Waals surface area (Å²) in [4.78, 5) is 45.5. The number of rotatable bonds is 4. The minimum absolute atomic E-state index is 0.199. The van der Waals surface area contributed by atoms with E-state index >= 15 is 0 Å². The number of benzene rings is 1. The van der Waals surface area contributed by atoms with E-state index < -0.39 is 23.0 Å². The lowest BCUT2D eigenvalue weighted by atomic mass is 9.68. The van der Waals surface area contributed by atoms with Gasteiger partial charge in [-0.2, -0.15) is 0 Å². The molecular weight excluding hydrogens is 444 g/mol. The van der Waals surface area contributed by atoms with E-state index in [1.165, 1.54) is 16.0 Å². The number of hydrogen-bond donors (Lipinski definition) is 2. The van der Waals surface area contributed by atoms with Crippen LogP contribution in [0.2, 0.25) is 0 Å². The monoisotopic (exact) mass is 476 g/mol. The zero-order valence-electron chi connectivity index (χ0n) is 20.5. The van der Waals surface area contributed by atoms with Gasteiger partial charge >= 0.3 is 0 Å². The molecule has 8 heteroatoms. The van der Waals surface area contributed by atoms with Crippen LogP contribution in [0.25, 0.3) is 0 Å². The van der Waals surface area contributed by atoms with Crippen LogP contribution < -0.4 is 5.32 Å². The van der Waals surface area contributed by atoms with E-state index in [1.54, 1.807) is 12.1 Å². The Kier molecular flexibility index (Phi) is 5.76. The topological polar surface area (TPSA) is 103 Å². The lowest BCUT2D eigenvalue weighted by Crippen LogP contribution is -2.55. The summed E-state index contributed by atoms with van der Waals surface area (Å²) in [5.74, 6) is -1.01. The molecule has 0 bridgehead atoms. The van der Waals surface area contributed by atoms with Crippen molar-refractivity contribution in [3.63, 3.8) is 0 Å². The number of pyridine rings is 1. The number of aliphatic hydroxyl groups is 1. The van der Waals surface area contributed by atoms with E-state index in [2.05, 4.69) is 55.3 Å². The van der Waals surface area contributed by atoms with Crippen LogP contribution in [0, 0.1) is 12.3 Å². The molecule has 3 aliphatic heterocycles. The number of carbonyl (C=O) groups excluding carboxylic acids is 3. The molecule has 1 aromatic carbocycles. The van der Waals surface area contributed by atoms with Gasteiger partial charge in [-0.15, -0.1) is 0 Å². The van der Waals surface area contributed by atoms with Gasteiger partial charge in [0, 0.05) is 31.5 Å². The Hall–Kier alpha value is -3.10. The molecule has 2 atom stereocenters. The lowest BCUT2D eigenvalue weighted by Gasteiger charge is -2.50. The quantitative estimate of drug-likeness (QED) is 0.657. The van der Waals surface area contributed by atoms with Crippen LogP contribution in [0.4, 0.5) is 0 Å². The minimum atomic E-state index is -1.14. The third kappa shape index (κ3) is 4.15. The van der Waals surface area contributed by atoms with Gasteiger partial charge in [-0.3, -0.25) is 29.6 Å². The van der Waals surface area contributed by atoms with Gasteiger partial charge in [0.05, 0.1) is 23.5 Å². The smallest absolute Gasteiger partial charge is 0.256 e. The maximum Gasteiger partial charge on any atom is 0.256 e. The van der Waals surface area contributed by atoms with Crippen LogP contribution in [0.3, 0.4) is 0 Å². The number of nitrogens with zero attached hydrogens (tertiary/aromatic N) is 3. The third-order valence-electron chi connectivity index (χ3n) is 7.85. The number of amides is 3. The third-order valence-corrected chi connectivity index (χ3v) is 7.85. The number of carbonyl (C=O) groups is 3. The predicted molar refractivity (Wildman–Crippen MR) is 129 cm³/mol. The molecule has 0 aliphatic carbocycles. The summed E-state index contributed by atoms with van der Waals surface area (Å²) < 4.78 is 0. The van der Waals surface area contributed by atoms with E-state index in [0.29, 0.717) is 36.3 Å². The summed E-state index contributed by atoms with van der Waals surface area (Å²) in [6.45, 7) is 8.66. The number of nitrogens with one attached hydrogen (secondary N) is 1. The first-order valence-electron chi connectivity index (χ1n) is 12.2. The standard InChI is InChI=1S/C27H32N4O4/c1-17-4-6-18(7-5-17)14-30-13-12-27(35,26(2,3)16-30)22-10-8-19-20(28-22)15-31(25(19)34)21-9-11-23(32)29-24(21)33/h4-8,10,21,35H,9,11-16H2,1-3H3,(H,29,32,33). The molecule has 2 saturated heterocycles. The molecule has 0 spiro atoms. The minimum Gasteiger partial charge on any atom is -0.383 e. The maximum absolute atomic E-state index is 13.0. The molecule has 0 radical (unpaired) electrons. The molecular formula is C27H32N4O4. The van der Waals surface area contributed by atoms with Crippen LogP contribution in [0.15, 0.2) is 36.4 Å². The summed E-state index contributed by atoms with van der Waals surface area (Å²) in [7, 11) is 0. The van der Waals surface area contributed by atoms with Gasteiger partial charge in [-0.25, -0.2) is 0 Å². The Bertz CT molecular complexity index is 1190. The van der Waals surface area contributed by atoms with Crippen LogP contribution in [0.1, 0.15) is 66.0 Å². The summed E-state index contributed by atoms with van der Waals surface area (Å²) >= 11 is 0. The van der Waals surface area contributed by atoms with Gasteiger partial charge in [0.25, 0.3) is 5.91 Å². The zero-order valence-corrected chi connectivity index (χ0v) is 20.5. The number of likely N-dealkylation sites (tertiary alicyclic amines) is 1. The number of fused-ring (bicyclic) bond motifs is 1. The second-order valence-corrected chi connectivity index (χ2v) is 10.8. The highest BCUT2D eigenvalue weighted by molar-refractivity contribution is 6.05. The van der Waals surface area contributed by atoms with Crippen molar-refractivity contribution in [1.82, 2.24) is 20.1 Å². The van der Waals surface area contributed by atoms with Crippen LogP contribution in [0.5, 0.6) is 0 Å². The molecule has 2 fully saturated rings. The second kappa shape index (κ2) is 8.53. The van der Waals surface area contributed by atoms with Crippen LogP contribution >= 0.6 is 0 Å². The average molecular weight is 477 g/mol. The van der Waals surface area contributed by atoms with Gasteiger partial charge in [-0.1, -0.05) is 43.7 Å². The predicted octanol–water partition coefficient (Wildman–Crippen LogP) is 2.27. The van der Waals surface area contributed by atoms with E-state index in [0.717, 1.165) is 13.1 Å². The highest BCUT2D eigenvalue weighted by Crippen LogP contribution is 2.46. The van der Waals surface area contributed by atoms with Gasteiger partial charge in [-0.05, 0) is 37.5 Å². The second-order valence-electron chi connectivity index (χ2n) is 10.8. The lowest BCUT2D eigenvalue weighted by molar-refractivity contribution is -0.137. The highest BCUT2D eigenvalue weighted by atomic mass is 16.3. The van der Waals surface area contributed by atoms with Gasteiger partial charge < -0.3 is 10.0 Å². The van der Waals surface area contributed by atoms with Crippen molar-refractivity contribution in [2.45, 2.75) is 64.8 Å². The normalized spacial score (nSPS) is 26.6. The molecule has 8 nitrogen and oxygen atoms in total. The van der Waals surface area contributed by atoms with E-state index in [9.17, 15) is 19.5 Å². The molecule has 184 valence electrons. The first kappa shape index (κ1) is 23.6. The van der Waals surface area contributed by atoms with E-state index in [4.69, 9.17) is 4.98 Å². The number of hydrogen-bond acceptors (Lipinski definition) is 6. The molecule has 2 unspecified atom stereocenters. The summed E-state index contributed by atoms with van der Waals surface area (Å²) in [5, 5.41) is 14.2. The van der Waals surface area contributed by atoms with Crippen molar-refractivity contribution in [2.75, 3.05) is 13.1 Å². The Balaban J connectivity index is 1.34. The van der Waals surface area contributed by atoms with Crippen LogP contribution in [-0.4, -0.2) is 56.7 Å². The fourth-order valence-electron chi connectivity index (χ4n) is 5.65. The number of aromatic nitrogens is 1. The van der Waals surface area contributed by atoms with Crippen molar-refractivity contribution in [3.8, 4) is 0 Å². The summed E-state index contributed by atoms with van der Waals surface area (Å²) in [6.07, 6.45) is 1.05. The van der Waals surface area contributed by atoms with Crippen molar-refractivity contribution in [1.29, 1.82) is 0 Å². The molecule has 3 aliphatic rings. The number of piperidine rings is 2. The Morgan fingerprint density at radius 3 is 2.54 bits per heavy atom. The fourth-order valence-corrected chi connectivity index (χ4v) is 5.65. The Morgan fingerprint density at radius 1 is 1.11 bits per heavy atom. The van der Waals surface area contributed by atoms with Gasteiger partial charge in [0.2, 0.25) is 11.8 Å². The van der Waals surface area contributed by atoms with E-state index in [-0.39, 0.29) is 24.8 Å². The Morgan fingerprint density at radius 2 is 1.86 bits per heavy atom. The first-order chi connectivity index (χ1) is 16.6. The first-order valence-corrected chi connectivity index (χ1v) is 12.2. The molecule has 2 aromatic rings. The molecule has 3 amide bonds. The van der Waals surface area contributed by atoms with Gasteiger partial charge in [0.15, 0.2) is 0 Å². The molecule has 35 heavy (non-hydrogen) atoms. The average Bonchev–Trinajstić information content (AvgIpc) is 3.13. The number of imide groups is 1. The Labute approximate surface area is 205 Å². The van der Waals surface area contributed by atoms with Crippen molar-refractivity contribution < 1.29 is 19.5 Å². The fraction of sp³-hybridized carbons (Fsp3) is 0.481. The zero-order chi connectivity index (χ0) is 25.0. The van der Waals surface area contributed by atoms with Crippen molar-refractivity contribution >= 4 is 17.7 Å². The molecule has 0 saturated carbocycles. The maximum atomic E-state index is 13.0.